The molecule has 140 valence electrons. The normalized spacial score (nSPS) is 11.3. The number of ether oxygens (including phenoxy) is 1. The van der Waals surface area contributed by atoms with Gasteiger partial charge in [-0.1, -0.05) is 12.1 Å². The van der Waals surface area contributed by atoms with E-state index in [2.05, 4.69) is 15.6 Å². The number of methoxy groups -OCH3 is 1. The highest BCUT2D eigenvalue weighted by molar-refractivity contribution is 5.90. The molecule has 26 heavy (non-hydrogen) atoms. The molecule has 2 aromatic rings. The Kier molecular flexibility index (Phi) is 6.77. The van der Waals surface area contributed by atoms with E-state index in [1.807, 2.05) is 6.92 Å². The maximum absolute atomic E-state index is 13.3. The average molecular weight is 361 g/mol. The SMILES string of the molecule is CCNC(=NCc1ccc(F)c(C)c1)NCc1cc(C(=O)OC)c(C)o1. The summed E-state index contributed by atoms with van der Waals surface area (Å²) in [6, 6.07) is 6.59. The average Bonchev–Trinajstić information content (AvgIpc) is 3.00. The van der Waals surface area contributed by atoms with Crippen LogP contribution in [0.2, 0.25) is 0 Å². The van der Waals surface area contributed by atoms with Gasteiger partial charge in [-0.3, -0.25) is 0 Å². The molecule has 0 fully saturated rings. The van der Waals surface area contributed by atoms with Crippen molar-refractivity contribution in [3.8, 4) is 0 Å². The first-order valence-corrected chi connectivity index (χ1v) is 8.39. The first-order valence-electron chi connectivity index (χ1n) is 8.39. The molecule has 0 amide bonds. The van der Waals surface area contributed by atoms with E-state index in [4.69, 9.17) is 9.15 Å². The minimum absolute atomic E-state index is 0.225. The summed E-state index contributed by atoms with van der Waals surface area (Å²) in [5, 5.41) is 6.29. The Balaban J connectivity index is 2.03. The molecule has 0 aliphatic rings. The number of nitrogens with zero attached hydrogens (tertiary/aromatic N) is 1. The number of aliphatic imine (C=N–C) groups is 1. The van der Waals surface area contributed by atoms with Gasteiger partial charge >= 0.3 is 5.97 Å². The number of nitrogens with one attached hydrogen (secondary N) is 2. The van der Waals surface area contributed by atoms with Crippen LogP contribution in [0, 0.1) is 19.7 Å². The summed E-state index contributed by atoms with van der Waals surface area (Å²) in [4.78, 5) is 16.1. The molecule has 0 atom stereocenters. The fourth-order valence-corrected chi connectivity index (χ4v) is 2.43. The lowest BCUT2D eigenvalue weighted by Crippen LogP contribution is -2.36. The van der Waals surface area contributed by atoms with Crippen molar-refractivity contribution in [1.29, 1.82) is 0 Å². The van der Waals surface area contributed by atoms with E-state index < -0.39 is 5.97 Å². The van der Waals surface area contributed by atoms with Gasteiger partial charge in [-0.25, -0.2) is 14.2 Å². The third-order valence-electron chi connectivity index (χ3n) is 3.79. The predicted octanol–water partition coefficient (Wildman–Crippen LogP) is 3.08. The number of halogens is 1. The molecule has 7 heteroatoms. The highest BCUT2D eigenvalue weighted by atomic mass is 19.1. The Labute approximate surface area is 152 Å². The minimum atomic E-state index is -0.426. The summed E-state index contributed by atoms with van der Waals surface area (Å²) in [5.41, 5.74) is 1.92. The summed E-state index contributed by atoms with van der Waals surface area (Å²) in [5.74, 6) is 1.06. The van der Waals surface area contributed by atoms with Crippen LogP contribution in [0.1, 0.15) is 39.9 Å². The summed E-state index contributed by atoms with van der Waals surface area (Å²) in [6.07, 6.45) is 0. The number of hydrogen-bond acceptors (Lipinski definition) is 4. The van der Waals surface area contributed by atoms with Crippen molar-refractivity contribution in [2.75, 3.05) is 13.7 Å². The molecule has 0 aliphatic heterocycles. The van der Waals surface area contributed by atoms with Gasteiger partial charge in [-0.15, -0.1) is 0 Å². The Morgan fingerprint density at radius 1 is 1.27 bits per heavy atom. The molecule has 1 heterocycles. The smallest absolute Gasteiger partial charge is 0.341 e. The number of carbonyl (C=O) groups is 1. The van der Waals surface area contributed by atoms with E-state index in [9.17, 15) is 9.18 Å². The quantitative estimate of drug-likeness (QED) is 0.470. The molecule has 0 radical (unpaired) electrons. The number of carbonyl (C=O) groups excluding carboxylic acids is 1. The van der Waals surface area contributed by atoms with Crippen molar-refractivity contribution >= 4 is 11.9 Å². The van der Waals surface area contributed by atoms with Crippen molar-refractivity contribution in [1.82, 2.24) is 10.6 Å². The first-order chi connectivity index (χ1) is 12.4. The molecule has 1 aromatic carbocycles. The monoisotopic (exact) mass is 361 g/mol. The van der Waals surface area contributed by atoms with E-state index in [0.717, 1.165) is 5.56 Å². The molecule has 2 rings (SSSR count). The number of benzene rings is 1. The van der Waals surface area contributed by atoms with E-state index in [-0.39, 0.29) is 5.82 Å². The van der Waals surface area contributed by atoms with Crippen LogP contribution >= 0.6 is 0 Å². The minimum Gasteiger partial charge on any atom is -0.465 e. The lowest BCUT2D eigenvalue weighted by atomic mass is 10.1. The van der Waals surface area contributed by atoms with Crippen LogP contribution in [0.3, 0.4) is 0 Å². The van der Waals surface area contributed by atoms with Crippen LogP contribution in [-0.4, -0.2) is 25.6 Å². The van der Waals surface area contributed by atoms with Gasteiger partial charge in [-0.05, 0) is 44.0 Å². The van der Waals surface area contributed by atoms with Crippen molar-refractivity contribution in [3.05, 3.63) is 58.3 Å². The van der Waals surface area contributed by atoms with E-state index in [1.54, 1.807) is 32.0 Å². The topological polar surface area (TPSA) is 75.9 Å². The molecule has 0 unspecified atom stereocenters. The maximum atomic E-state index is 13.3. The molecule has 0 saturated heterocycles. The van der Waals surface area contributed by atoms with Crippen molar-refractivity contribution < 1.29 is 18.3 Å². The Morgan fingerprint density at radius 3 is 2.69 bits per heavy atom. The largest absolute Gasteiger partial charge is 0.465 e. The first kappa shape index (κ1) is 19.5. The van der Waals surface area contributed by atoms with E-state index in [1.165, 1.54) is 13.2 Å². The number of hydrogen-bond donors (Lipinski definition) is 2. The summed E-state index contributed by atoms with van der Waals surface area (Å²) in [7, 11) is 1.33. The fourth-order valence-electron chi connectivity index (χ4n) is 2.43. The van der Waals surface area contributed by atoms with Gasteiger partial charge in [0.05, 0.1) is 20.2 Å². The number of esters is 1. The van der Waals surface area contributed by atoms with Crippen LogP contribution in [0.25, 0.3) is 0 Å². The third-order valence-corrected chi connectivity index (χ3v) is 3.79. The molecule has 6 nitrogen and oxygen atoms in total. The van der Waals surface area contributed by atoms with Crippen LogP contribution in [0.5, 0.6) is 0 Å². The van der Waals surface area contributed by atoms with Gasteiger partial charge in [0, 0.05) is 6.54 Å². The zero-order valence-electron chi connectivity index (χ0n) is 15.5. The second-order valence-corrected chi connectivity index (χ2v) is 5.81. The van der Waals surface area contributed by atoms with Gasteiger partial charge in [0.2, 0.25) is 0 Å². The van der Waals surface area contributed by atoms with E-state index in [0.29, 0.717) is 48.2 Å². The lowest BCUT2D eigenvalue weighted by Gasteiger charge is -2.10. The Morgan fingerprint density at radius 2 is 2.04 bits per heavy atom. The summed E-state index contributed by atoms with van der Waals surface area (Å²) < 4.78 is 23.6. The van der Waals surface area contributed by atoms with Crippen LogP contribution in [-0.2, 0) is 17.8 Å². The standard InChI is InChI=1S/C19H24FN3O3/c1-5-21-19(22-10-14-6-7-17(20)12(2)8-14)23-11-15-9-16(13(3)26-15)18(24)25-4/h6-9H,5,10-11H2,1-4H3,(H2,21,22,23). The molecule has 0 spiro atoms. The molecule has 0 aliphatic carbocycles. The van der Waals surface area contributed by atoms with Gasteiger partial charge in [0.15, 0.2) is 5.96 Å². The zero-order valence-corrected chi connectivity index (χ0v) is 15.5. The highest BCUT2D eigenvalue weighted by Gasteiger charge is 2.15. The molecule has 1 aromatic heterocycles. The van der Waals surface area contributed by atoms with Crippen molar-refractivity contribution in [2.45, 2.75) is 33.9 Å². The third kappa shape index (κ3) is 5.08. The molecule has 0 bridgehead atoms. The van der Waals surface area contributed by atoms with Crippen LogP contribution in [0.4, 0.5) is 4.39 Å². The van der Waals surface area contributed by atoms with Gasteiger partial charge in [-0.2, -0.15) is 0 Å². The number of guanidine groups is 1. The summed E-state index contributed by atoms with van der Waals surface area (Å²) >= 11 is 0. The highest BCUT2D eigenvalue weighted by Crippen LogP contribution is 2.15. The maximum Gasteiger partial charge on any atom is 0.341 e. The second-order valence-electron chi connectivity index (χ2n) is 5.81. The van der Waals surface area contributed by atoms with Crippen LogP contribution in [0.15, 0.2) is 33.7 Å². The lowest BCUT2D eigenvalue weighted by molar-refractivity contribution is 0.0599. The summed E-state index contributed by atoms with van der Waals surface area (Å²) in [6.45, 7) is 6.88. The molecular formula is C19H24FN3O3. The molecule has 2 N–H and O–H groups in total. The van der Waals surface area contributed by atoms with Gasteiger partial charge < -0.3 is 19.8 Å². The van der Waals surface area contributed by atoms with Crippen molar-refractivity contribution in [3.63, 3.8) is 0 Å². The van der Waals surface area contributed by atoms with Crippen molar-refractivity contribution in [2.24, 2.45) is 4.99 Å². The second kappa shape index (κ2) is 9.03. The molecular weight excluding hydrogens is 337 g/mol. The predicted molar refractivity (Wildman–Crippen MR) is 97.6 cm³/mol. The number of rotatable bonds is 6. The van der Waals surface area contributed by atoms with Gasteiger partial charge in [0.25, 0.3) is 0 Å². The van der Waals surface area contributed by atoms with Crippen LogP contribution < -0.4 is 10.6 Å². The van der Waals surface area contributed by atoms with E-state index >= 15 is 0 Å². The number of furan rings is 1. The molecule has 0 saturated carbocycles. The number of aryl methyl sites for hydroxylation is 2. The van der Waals surface area contributed by atoms with Gasteiger partial charge in [0.1, 0.15) is 22.9 Å². The zero-order chi connectivity index (χ0) is 19.1. The Hall–Kier alpha value is -2.83. The Bertz CT molecular complexity index is 799. The fraction of sp³-hybridized carbons (Fsp3) is 0.368.